The number of aromatic nitrogens is 3. The molecule has 2 N–H and O–H groups in total. The number of aromatic amines is 1. The van der Waals surface area contributed by atoms with Crippen LogP contribution in [0.1, 0.15) is 36.9 Å². The number of aryl methyl sites for hydroxylation is 2. The molecular weight excluding hydrogens is 342 g/mol. The average molecular weight is 369 g/mol. The number of piperidine rings is 1. The van der Waals surface area contributed by atoms with Gasteiger partial charge in [0.2, 0.25) is 5.91 Å². The maximum atomic E-state index is 12.2. The number of carbonyl (C=O) groups excluding carboxylic acids is 1. The minimum Gasteiger partial charge on any atom is -0.355 e. The van der Waals surface area contributed by atoms with Crippen LogP contribution in [-0.2, 0) is 11.2 Å². The van der Waals surface area contributed by atoms with E-state index in [2.05, 4.69) is 25.4 Å². The summed E-state index contributed by atoms with van der Waals surface area (Å²) in [6, 6.07) is 7.70. The van der Waals surface area contributed by atoms with E-state index < -0.39 is 0 Å². The Morgan fingerprint density at radius 1 is 1.15 bits per heavy atom. The van der Waals surface area contributed by atoms with Gasteiger partial charge in [-0.2, -0.15) is 0 Å². The van der Waals surface area contributed by atoms with Gasteiger partial charge in [-0.05, 0) is 32.9 Å². The number of hydrogen-bond acceptors (Lipinski definition) is 5. The van der Waals surface area contributed by atoms with Crippen molar-refractivity contribution >= 4 is 5.91 Å². The summed E-state index contributed by atoms with van der Waals surface area (Å²) < 4.78 is 0. The third-order valence-corrected chi connectivity index (χ3v) is 4.88. The summed E-state index contributed by atoms with van der Waals surface area (Å²) in [5, 5.41) is 11.0. The van der Waals surface area contributed by atoms with E-state index >= 15 is 0 Å². The fourth-order valence-electron chi connectivity index (χ4n) is 3.22. The van der Waals surface area contributed by atoms with Crippen LogP contribution in [0.5, 0.6) is 0 Å². The van der Waals surface area contributed by atoms with Crippen molar-refractivity contribution in [2.45, 2.75) is 39.0 Å². The normalized spacial score (nSPS) is 14.9. The topological polar surface area (TPSA) is 91.0 Å². The zero-order valence-electron chi connectivity index (χ0n) is 15.8. The van der Waals surface area contributed by atoms with Gasteiger partial charge in [-0.25, -0.2) is 0 Å². The molecule has 1 aliphatic heterocycles. The summed E-state index contributed by atoms with van der Waals surface area (Å²) in [6.07, 6.45) is 4.32. The molecule has 0 unspecified atom stereocenters. The Hall–Kier alpha value is -2.54. The predicted molar refractivity (Wildman–Crippen MR) is 104 cm³/mol. The molecule has 0 aliphatic carbocycles. The van der Waals surface area contributed by atoms with Crippen molar-refractivity contribution in [3.8, 4) is 11.4 Å². The van der Waals surface area contributed by atoms with Crippen LogP contribution >= 0.6 is 0 Å². The summed E-state index contributed by atoms with van der Waals surface area (Å²) >= 11 is 0. The largest absolute Gasteiger partial charge is 0.355 e. The van der Waals surface area contributed by atoms with Crippen LogP contribution in [0.2, 0.25) is 0 Å². The molecule has 0 bridgehead atoms. The molecule has 2 heterocycles. The molecule has 144 valence electrons. The van der Waals surface area contributed by atoms with Gasteiger partial charge >= 0.3 is 0 Å². The van der Waals surface area contributed by atoms with E-state index in [0.29, 0.717) is 12.4 Å². The second-order valence-corrected chi connectivity index (χ2v) is 7.07. The van der Waals surface area contributed by atoms with Crippen LogP contribution in [0, 0.1) is 6.92 Å². The van der Waals surface area contributed by atoms with Gasteiger partial charge in [-0.3, -0.25) is 9.59 Å². The van der Waals surface area contributed by atoms with E-state index in [1.165, 1.54) is 19.3 Å². The van der Waals surface area contributed by atoms with Crippen LogP contribution in [0.3, 0.4) is 0 Å². The van der Waals surface area contributed by atoms with Gasteiger partial charge in [0.1, 0.15) is 5.69 Å². The van der Waals surface area contributed by atoms with Crippen molar-refractivity contribution in [1.82, 2.24) is 25.4 Å². The van der Waals surface area contributed by atoms with Gasteiger partial charge in [-0.15, -0.1) is 10.2 Å². The lowest BCUT2D eigenvalue weighted by molar-refractivity contribution is -0.121. The Morgan fingerprint density at radius 2 is 1.89 bits per heavy atom. The highest BCUT2D eigenvalue weighted by molar-refractivity contribution is 5.76. The molecule has 1 aromatic heterocycles. The first-order valence-corrected chi connectivity index (χ1v) is 9.64. The number of nitrogens with one attached hydrogen (secondary N) is 2. The third kappa shape index (κ3) is 5.72. The van der Waals surface area contributed by atoms with E-state index in [-0.39, 0.29) is 30.0 Å². The van der Waals surface area contributed by atoms with Crippen LogP contribution in [0.15, 0.2) is 29.1 Å². The Bertz CT molecular complexity index is 810. The van der Waals surface area contributed by atoms with Crippen molar-refractivity contribution in [3.63, 3.8) is 0 Å². The molecule has 2 aromatic rings. The smallest absolute Gasteiger partial charge is 0.273 e. The highest BCUT2D eigenvalue weighted by atomic mass is 16.1. The molecule has 1 amide bonds. The molecule has 0 atom stereocenters. The van der Waals surface area contributed by atoms with Crippen molar-refractivity contribution in [1.29, 1.82) is 0 Å². The first-order chi connectivity index (χ1) is 13.1. The Balaban J connectivity index is 1.46. The molecule has 1 aliphatic rings. The van der Waals surface area contributed by atoms with Crippen LogP contribution in [-0.4, -0.2) is 52.2 Å². The van der Waals surface area contributed by atoms with Gasteiger partial charge < -0.3 is 15.2 Å². The van der Waals surface area contributed by atoms with Crippen LogP contribution in [0.25, 0.3) is 11.4 Å². The number of nitrogens with zero attached hydrogens (tertiary/aromatic N) is 3. The summed E-state index contributed by atoms with van der Waals surface area (Å²) in [7, 11) is 0. The molecule has 0 saturated carbocycles. The fourth-order valence-corrected chi connectivity index (χ4v) is 3.22. The number of amides is 1. The quantitative estimate of drug-likeness (QED) is 0.775. The maximum Gasteiger partial charge on any atom is 0.273 e. The molecule has 7 heteroatoms. The molecule has 27 heavy (non-hydrogen) atoms. The Kier molecular flexibility index (Phi) is 6.70. The zero-order chi connectivity index (χ0) is 19.1. The van der Waals surface area contributed by atoms with Crippen molar-refractivity contribution in [3.05, 3.63) is 45.9 Å². The van der Waals surface area contributed by atoms with Gasteiger partial charge in [0, 0.05) is 31.5 Å². The second kappa shape index (κ2) is 9.41. The van der Waals surface area contributed by atoms with E-state index in [1.54, 1.807) is 0 Å². The van der Waals surface area contributed by atoms with Gasteiger partial charge in [0.25, 0.3) is 5.56 Å². The van der Waals surface area contributed by atoms with Crippen LogP contribution in [0.4, 0.5) is 0 Å². The standard InChI is InChI=1S/C20H27N5O2/c1-15-5-7-16(8-6-15)19-22-20(27)17(23-24-19)9-10-18(26)21-11-14-25-12-3-2-4-13-25/h5-8H,2-4,9-14H2,1H3,(H,21,26)(H,22,24,27). The van der Waals surface area contributed by atoms with E-state index in [4.69, 9.17) is 0 Å². The Labute approximate surface area is 159 Å². The van der Waals surface area contributed by atoms with Crippen molar-refractivity contribution < 1.29 is 4.79 Å². The monoisotopic (exact) mass is 369 g/mol. The van der Waals surface area contributed by atoms with E-state index in [0.717, 1.165) is 30.8 Å². The minimum atomic E-state index is -0.290. The molecule has 0 radical (unpaired) electrons. The lowest BCUT2D eigenvalue weighted by Gasteiger charge is -2.26. The number of rotatable bonds is 7. The molecule has 3 rings (SSSR count). The third-order valence-electron chi connectivity index (χ3n) is 4.88. The minimum absolute atomic E-state index is 0.0594. The first-order valence-electron chi connectivity index (χ1n) is 9.64. The number of carbonyl (C=O) groups is 1. The fraction of sp³-hybridized carbons (Fsp3) is 0.500. The number of likely N-dealkylation sites (tertiary alicyclic amines) is 1. The summed E-state index contributed by atoms with van der Waals surface area (Å²) in [4.78, 5) is 29.3. The molecule has 1 aromatic carbocycles. The average Bonchev–Trinajstić information content (AvgIpc) is 2.68. The highest BCUT2D eigenvalue weighted by Crippen LogP contribution is 2.13. The molecule has 1 saturated heterocycles. The molecule has 7 nitrogen and oxygen atoms in total. The lowest BCUT2D eigenvalue weighted by Crippen LogP contribution is -2.37. The Morgan fingerprint density at radius 3 is 2.59 bits per heavy atom. The summed E-state index contributed by atoms with van der Waals surface area (Å²) in [5.41, 5.74) is 1.95. The predicted octanol–water partition coefficient (Wildman–Crippen LogP) is 1.68. The maximum absolute atomic E-state index is 12.2. The summed E-state index contributed by atoms with van der Waals surface area (Å²) in [5.74, 6) is 0.380. The molecule has 1 fully saturated rings. The van der Waals surface area contributed by atoms with Gasteiger partial charge in [0.15, 0.2) is 5.82 Å². The SMILES string of the molecule is Cc1ccc(-c2nnc(CCC(=O)NCCN3CCCCC3)c(=O)[nH]2)cc1. The van der Waals surface area contributed by atoms with Gasteiger partial charge in [-0.1, -0.05) is 36.2 Å². The van der Waals surface area contributed by atoms with Crippen LogP contribution < -0.4 is 10.9 Å². The molecular formula is C20H27N5O2. The van der Waals surface area contributed by atoms with E-state index in [1.807, 2.05) is 31.2 Å². The lowest BCUT2D eigenvalue weighted by atomic mass is 10.1. The number of H-pyrrole nitrogens is 1. The highest BCUT2D eigenvalue weighted by Gasteiger charge is 2.11. The second-order valence-electron chi connectivity index (χ2n) is 7.07. The number of hydrogen-bond donors (Lipinski definition) is 2. The number of benzene rings is 1. The van der Waals surface area contributed by atoms with Gasteiger partial charge in [0.05, 0.1) is 0 Å². The van der Waals surface area contributed by atoms with Crippen molar-refractivity contribution in [2.75, 3.05) is 26.2 Å². The summed E-state index contributed by atoms with van der Waals surface area (Å²) in [6.45, 7) is 5.77. The van der Waals surface area contributed by atoms with E-state index in [9.17, 15) is 9.59 Å². The van der Waals surface area contributed by atoms with Crippen molar-refractivity contribution in [2.24, 2.45) is 0 Å². The zero-order valence-corrected chi connectivity index (χ0v) is 15.8. The first kappa shape index (κ1) is 19.2. The molecule has 0 spiro atoms.